The molecule has 13 heavy (non-hydrogen) atoms. The molecule has 68 valence electrons. The molecule has 7 heteroatoms. The number of rotatable bonds is 4. The van der Waals surface area contributed by atoms with Crippen molar-refractivity contribution in [3.05, 3.63) is 0 Å². The smallest absolute Gasteiger partial charge is 0.151 e. The first kappa shape index (κ1) is 20.0. The predicted octanol–water partition coefficient (Wildman–Crippen LogP) is -3.11. The van der Waals surface area contributed by atoms with Crippen molar-refractivity contribution in [3.8, 4) is 0 Å². The van der Waals surface area contributed by atoms with Crippen LogP contribution in [0, 0.1) is 0 Å². The minimum Gasteiger partial charge on any atom is -0.391 e. The molecule has 4 N–H and O–H groups in total. The molecule has 4 atom stereocenters. The molecule has 0 amide bonds. The number of aliphatic hydroxyl groups is 4. The van der Waals surface area contributed by atoms with Gasteiger partial charge >= 0.3 is 0 Å². The summed E-state index contributed by atoms with van der Waals surface area (Å²) >= 11 is 0. The average Bonchev–Trinajstić information content (AvgIpc) is 2.00. The molecule has 0 aliphatic heterocycles. The van der Waals surface area contributed by atoms with Gasteiger partial charge < -0.3 is 25.2 Å². The second kappa shape index (κ2) is 10.0. The minimum absolute atomic E-state index is 0. The molecule has 0 heterocycles. The summed E-state index contributed by atoms with van der Waals surface area (Å²) in [7, 11) is 0. The summed E-state index contributed by atoms with van der Waals surface area (Å²) in [6.45, 7) is 1.24. The van der Waals surface area contributed by atoms with Crippen LogP contribution in [-0.4, -0.2) is 110 Å². The second-order valence-corrected chi connectivity index (χ2v) is 2.35. The van der Waals surface area contributed by atoms with Gasteiger partial charge in [-0.2, -0.15) is 0 Å². The maximum atomic E-state index is 9.87. The third-order valence-corrected chi connectivity index (χ3v) is 1.33. The van der Waals surface area contributed by atoms with Crippen molar-refractivity contribution in [2.45, 2.75) is 31.3 Å². The third-order valence-electron chi connectivity index (χ3n) is 1.33. The van der Waals surface area contributed by atoms with Crippen molar-refractivity contribution in [1.29, 1.82) is 0 Å². The van der Waals surface area contributed by atoms with Gasteiger partial charge in [0.1, 0.15) is 18.3 Å². The van der Waals surface area contributed by atoms with E-state index in [1.54, 1.807) is 0 Å². The van der Waals surface area contributed by atoms with Gasteiger partial charge in [0.05, 0.1) is 6.10 Å². The van der Waals surface area contributed by atoms with Crippen molar-refractivity contribution in [2.24, 2.45) is 0 Å². The summed E-state index contributed by atoms with van der Waals surface area (Å²) < 4.78 is 0. The molecule has 5 nitrogen and oxygen atoms in total. The van der Waals surface area contributed by atoms with Gasteiger partial charge in [0.2, 0.25) is 0 Å². The molecule has 0 unspecified atom stereocenters. The summed E-state index contributed by atoms with van der Waals surface area (Å²) in [5.41, 5.74) is 0. The molecule has 0 fully saturated rings. The van der Waals surface area contributed by atoms with Gasteiger partial charge in [-0.1, -0.05) is 0 Å². The van der Waals surface area contributed by atoms with Gasteiger partial charge in [0.25, 0.3) is 0 Å². The van der Waals surface area contributed by atoms with Crippen LogP contribution in [0.5, 0.6) is 0 Å². The Labute approximate surface area is 121 Å². The van der Waals surface area contributed by atoms with Crippen LogP contribution in [0.25, 0.3) is 0 Å². The molecule has 0 aliphatic rings. The first-order valence-corrected chi connectivity index (χ1v) is 3.18. The van der Waals surface area contributed by atoms with E-state index in [-0.39, 0.29) is 65.4 Å². The van der Waals surface area contributed by atoms with Gasteiger partial charge in [-0.05, 0) is 6.92 Å². The first-order chi connectivity index (χ1) is 5.00. The molecule has 0 saturated carbocycles. The zero-order valence-corrected chi connectivity index (χ0v) is 12.1. The number of aliphatic hydroxyl groups excluding tert-OH is 4. The molecule has 0 aromatic heterocycles. The largest absolute Gasteiger partial charge is 0.391 e. The third kappa shape index (κ3) is 7.44. The molecule has 0 aromatic rings. The summed E-state index contributed by atoms with van der Waals surface area (Å²) in [5, 5.41) is 35.1. The van der Waals surface area contributed by atoms with Crippen LogP contribution in [0.1, 0.15) is 6.92 Å². The minimum atomic E-state index is -1.65. The maximum Gasteiger partial charge on any atom is 0.151 e. The molecule has 0 saturated heterocycles. The zero-order valence-electron chi connectivity index (χ0n) is 8.08. The van der Waals surface area contributed by atoms with E-state index in [1.165, 1.54) is 6.92 Å². The number of carbonyl (C=O) groups is 1. The van der Waals surface area contributed by atoms with Gasteiger partial charge in [0.15, 0.2) is 6.29 Å². The fourth-order valence-electron chi connectivity index (χ4n) is 0.568. The van der Waals surface area contributed by atoms with Gasteiger partial charge in [-0.25, -0.2) is 0 Å². The Bertz CT molecular complexity index is 132. The fourth-order valence-corrected chi connectivity index (χ4v) is 0.568. The van der Waals surface area contributed by atoms with Crippen molar-refractivity contribution in [2.75, 3.05) is 0 Å². The van der Waals surface area contributed by atoms with Crippen LogP contribution in [0.3, 0.4) is 0 Å². The SMILES string of the molecule is C[C@H](O)[C@@H](O)[C@@H](O)[C@H](O)C=O.[Na].[Na]. The van der Waals surface area contributed by atoms with Crippen molar-refractivity contribution in [3.63, 3.8) is 0 Å². The van der Waals surface area contributed by atoms with E-state index in [2.05, 4.69) is 0 Å². The standard InChI is InChI=1S/C6H12O5.2Na/c1-3(8)5(10)6(11)4(9)2-7;;/h2-6,8-11H,1H3;;/t3-,4+,5+,6-;;/m0../s1. The van der Waals surface area contributed by atoms with Gasteiger partial charge in [-0.15, -0.1) is 0 Å². The summed E-state index contributed by atoms with van der Waals surface area (Å²) in [6, 6.07) is 0. The van der Waals surface area contributed by atoms with Crippen molar-refractivity contribution in [1.82, 2.24) is 0 Å². The van der Waals surface area contributed by atoms with E-state index in [0.717, 1.165) is 0 Å². The molecule has 0 rings (SSSR count). The van der Waals surface area contributed by atoms with Crippen LogP contribution >= 0.6 is 0 Å². The van der Waals surface area contributed by atoms with Gasteiger partial charge in [0, 0.05) is 59.1 Å². The Balaban J connectivity index is -0.000000500. The first-order valence-electron chi connectivity index (χ1n) is 3.18. The topological polar surface area (TPSA) is 98.0 Å². The van der Waals surface area contributed by atoms with E-state index in [0.29, 0.717) is 0 Å². The average molecular weight is 210 g/mol. The van der Waals surface area contributed by atoms with E-state index in [9.17, 15) is 4.79 Å². The van der Waals surface area contributed by atoms with Gasteiger partial charge in [-0.3, -0.25) is 0 Å². The van der Waals surface area contributed by atoms with Crippen LogP contribution in [-0.2, 0) is 4.79 Å². The summed E-state index contributed by atoms with van der Waals surface area (Å²) in [5.74, 6) is 0. The molecule has 0 spiro atoms. The Morgan fingerprint density at radius 1 is 1.00 bits per heavy atom. The Morgan fingerprint density at radius 2 is 1.38 bits per heavy atom. The van der Waals surface area contributed by atoms with Crippen molar-refractivity contribution >= 4 is 65.4 Å². The van der Waals surface area contributed by atoms with E-state index in [4.69, 9.17) is 20.4 Å². The maximum absolute atomic E-state index is 9.87. The van der Waals surface area contributed by atoms with Crippen molar-refractivity contribution < 1.29 is 25.2 Å². The normalized spacial score (nSPS) is 18.5. The number of hydrogen-bond acceptors (Lipinski definition) is 5. The van der Waals surface area contributed by atoms with Crippen LogP contribution in [0.15, 0.2) is 0 Å². The Morgan fingerprint density at radius 3 is 1.62 bits per heavy atom. The Kier molecular flexibility index (Phi) is 15.4. The van der Waals surface area contributed by atoms with Crippen LogP contribution in [0.2, 0.25) is 0 Å². The van der Waals surface area contributed by atoms with E-state index >= 15 is 0 Å². The molecule has 0 aliphatic carbocycles. The summed E-state index contributed by atoms with van der Waals surface area (Å²) in [6.07, 6.45) is -5.88. The summed E-state index contributed by atoms with van der Waals surface area (Å²) in [4.78, 5) is 9.87. The predicted molar refractivity (Wildman–Crippen MR) is 47.3 cm³/mol. The number of aldehydes is 1. The number of carbonyl (C=O) groups excluding carboxylic acids is 1. The van der Waals surface area contributed by atoms with E-state index in [1.807, 2.05) is 0 Å². The molecule has 0 aromatic carbocycles. The van der Waals surface area contributed by atoms with E-state index < -0.39 is 24.4 Å². The zero-order chi connectivity index (χ0) is 9.02. The molecule has 0 bridgehead atoms. The molecular formula is C6H12Na2O5. The number of hydrogen-bond donors (Lipinski definition) is 4. The fraction of sp³-hybridized carbons (Fsp3) is 0.833. The molecule has 2 radical (unpaired) electrons. The Hall–Kier alpha value is 1.51. The van der Waals surface area contributed by atoms with Crippen LogP contribution < -0.4 is 0 Å². The second-order valence-electron chi connectivity index (χ2n) is 2.35. The molecular weight excluding hydrogens is 198 g/mol. The van der Waals surface area contributed by atoms with Crippen LogP contribution in [0.4, 0.5) is 0 Å². The monoisotopic (exact) mass is 210 g/mol. The quantitative estimate of drug-likeness (QED) is 0.291.